The van der Waals surface area contributed by atoms with Crippen molar-refractivity contribution in [3.05, 3.63) is 65.7 Å². The van der Waals surface area contributed by atoms with E-state index in [1.165, 1.54) is 0 Å². The summed E-state index contributed by atoms with van der Waals surface area (Å²) in [4.78, 5) is 23.6. The summed E-state index contributed by atoms with van der Waals surface area (Å²) in [5.74, 6) is 0.0472. The van der Waals surface area contributed by atoms with Gasteiger partial charge in [-0.1, -0.05) is 48.0 Å². The fourth-order valence-corrected chi connectivity index (χ4v) is 2.13. The van der Waals surface area contributed by atoms with E-state index in [1.54, 1.807) is 12.1 Å². The number of rotatable bonds is 7. The second-order valence-corrected chi connectivity index (χ2v) is 5.58. The Hall–Kier alpha value is -2.82. The van der Waals surface area contributed by atoms with E-state index < -0.39 is 0 Å². The smallest absolute Gasteiger partial charge is 0.258 e. The van der Waals surface area contributed by atoms with E-state index in [0.717, 1.165) is 11.1 Å². The molecule has 0 radical (unpaired) electrons. The normalized spacial score (nSPS) is 11.4. The Morgan fingerprint density at radius 1 is 1.00 bits per heavy atom. The van der Waals surface area contributed by atoms with Gasteiger partial charge in [-0.25, -0.2) is 0 Å². The van der Waals surface area contributed by atoms with Crippen LogP contribution in [0.5, 0.6) is 5.75 Å². The largest absolute Gasteiger partial charge is 0.484 e. The van der Waals surface area contributed by atoms with Crippen molar-refractivity contribution < 1.29 is 14.3 Å². The van der Waals surface area contributed by atoms with Crippen LogP contribution >= 0.6 is 0 Å². The molecule has 2 aromatic carbocycles. The quantitative estimate of drug-likeness (QED) is 0.821. The molecule has 5 heteroatoms. The first kappa shape index (κ1) is 17.5. The SMILES string of the molecule is Cc1ccc(OCC(=O)NCC(=O)NC(C)c2ccccc2)cc1. The summed E-state index contributed by atoms with van der Waals surface area (Å²) in [5, 5.41) is 5.38. The minimum atomic E-state index is -0.335. The molecule has 0 aliphatic heterocycles. The van der Waals surface area contributed by atoms with Crippen LogP contribution in [0.2, 0.25) is 0 Å². The van der Waals surface area contributed by atoms with Crippen molar-refractivity contribution in [3.8, 4) is 5.75 Å². The van der Waals surface area contributed by atoms with Gasteiger partial charge in [-0.05, 0) is 31.5 Å². The van der Waals surface area contributed by atoms with Gasteiger partial charge < -0.3 is 15.4 Å². The van der Waals surface area contributed by atoms with Crippen LogP contribution in [0, 0.1) is 6.92 Å². The molecule has 2 N–H and O–H groups in total. The van der Waals surface area contributed by atoms with Crippen molar-refractivity contribution in [1.82, 2.24) is 10.6 Å². The van der Waals surface area contributed by atoms with Crippen LogP contribution in [0.3, 0.4) is 0 Å². The zero-order valence-electron chi connectivity index (χ0n) is 13.9. The molecule has 0 aliphatic carbocycles. The van der Waals surface area contributed by atoms with E-state index in [2.05, 4.69) is 10.6 Å². The van der Waals surface area contributed by atoms with Gasteiger partial charge in [0, 0.05) is 0 Å². The van der Waals surface area contributed by atoms with Crippen molar-refractivity contribution >= 4 is 11.8 Å². The van der Waals surface area contributed by atoms with Gasteiger partial charge in [0.05, 0.1) is 12.6 Å². The molecule has 1 atom stereocenters. The Balaban J connectivity index is 1.69. The molecular weight excluding hydrogens is 304 g/mol. The van der Waals surface area contributed by atoms with Gasteiger partial charge in [-0.3, -0.25) is 9.59 Å². The van der Waals surface area contributed by atoms with Crippen LogP contribution in [0.25, 0.3) is 0 Å². The Morgan fingerprint density at radius 3 is 2.33 bits per heavy atom. The van der Waals surface area contributed by atoms with Gasteiger partial charge in [0.1, 0.15) is 5.75 Å². The first-order valence-corrected chi connectivity index (χ1v) is 7.85. The van der Waals surface area contributed by atoms with Gasteiger partial charge in [-0.15, -0.1) is 0 Å². The highest BCUT2D eigenvalue weighted by Crippen LogP contribution is 2.11. The molecule has 2 amide bonds. The van der Waals surface area contributed by atoms with E-state index in [4.69, 9.17) is 4.74 Å². The number of ether oxygens (including phenoxy) is 1. The van der Waals surface area contributed by atoms with E-state index >= 15 is 0 Å². The maximum Gasteiger partial charge on any atom is 0.258 e. The molecule has 1 unspecified atom stereocenters. The zero-order chi connectivity index (χ0) is 17.4. The van der Waals surface area contributed by atoms with Crippen LogP contribution in [0.1, 0.15) is 24.1 Å². The lowest BCUT2D eigenvalue weighted by Gasteiger charge is -2.14. The average molecular weight is 326 g/mol. The lowest BCUT2D eigenvalue weighted by Crippen LogP contribution is -2.39. The monoisotopic (exact) mass is 326 g/mol. The highest BCUT2D eigenvalue weighted by molar-refractivity contribution is 5.85. The molecule has 0 saturated heterocycles. The van der Waals surface area contributed by atoms with E-state index in [-0.39, 0.29) is 31.0 Å². The van der Waals surface area contributed by atoms with Crippen molar-refractivity contribution in [1.29, 1.82) is 0 Å². The summed E-state index contributed by atoms with van der Waals surface area (Å²) >= 11 is 0. The minimum absolute atomic E-state index is 0.0761. The molecule has 0 spiro atoms. The lowest BCUT2D eigenvalue weighted by atomic mass is 10.1. The Bertz CT molecular complexity index is 669. The third-order valence-electron chi connectivity index (χ3n) is 3.51. The predicted molar refractivity (Wildman–Crippen MR) is 92.7 cm³/mol. The summed E-state index contributed by atoms with van der Waals surface area (Å²) in [6, 6.07) is 17.0. The molecule has 5 nitrogen and oxygen atoms in total. The van der Waals surface area contributed by atoms with E-state index in [0.29, 0.717) is 5.75 Å². The van der Waals surface area contributed by atoms with Gasteiger partial charge in [0.25, 0.3) is 5.91 Å². The molecule has 0 aromatic heterocycles. The lowest BCUT2D eigenvalue weighted by molar-refractivity contribution is -0.127. The minimum Gasteiger partial charge on any atom is -0.484 e. The molecular formula is C19H22N2O3. The number of carbonyl (C=O) groups is 2. The van der Waals surface area contributed by atoms with Crippen molar-refractivity contribution in [2.24, 2.45) is 0 Å². The maximum absolute atomic E-state index is 11.9. The molecule has 0 bridgehead atoms. The number of aryl methyl sites for hydroxylation is 1. The first-order chi connectivity index (χ1) is 11.5. The molecule has 2 rings (SSSR count). The molecule has 0 aliphatic rings. The second kappa shape index (κ2) is 8.72. The van der Waals surface area contributed by atoms with Gasteiger partial charge in [0.15, 0.2) is 6.61 Å². The standard InChI is InChI=1S/C19H22N2O3/c1-14-8-10-17(11-9-14)24-13-19(23)20-12-18(22)21-15(2)16-6-4-3-5-7-16/h3-11,15H,12-13H2,1-2H3,(H,20,23)(H,21,22). The molecule has 0 saturated carbocycles. The summed E-state index contributed by atoms with van der Waals surface area (Å²) in [7, 11) is 0. The number of nitrogens with one attached hydrogen (secondary N) is 2. The zero-order valence-corrected chi connectivity index (χ0v) is 13.9. The number of benzene rings is 2. The van der Waals surface area contributed by atoms with Gasteiger partial charge in [-0.2, -0.15) is 0 Å². The summed E-state index contributed by atoms with van der Waals surface area (Å²) in [6.45, 7) is 3.68. The van der Waals surface area contributed by atoms with Crippen molar-refractivity contribution in [3.63, 3.8) is 0 Å². The highest BCUT2D eigenvalue weighted by atomic mass is 16.5. The topological polar surface area (TPSA) is 67.4 Å². The molecule has 0 heterocycles. The number of hydrogen-bond donors (Lipinski definition) is 2. The Morgan fingerprint density at radius 2 is 1.67 bits per heavy atom. The van der Waals surface area contributed by atoms with Crippen molar-refractivity contribution in [2.75, 3.05) is 13.2 Å². The van der Waals surface area contributed by atoms with Crippen LogP contribution in [0.15, 0.2) is 54.6 Å². The third kappa shape index (κ3) is 5.76. The molecule has 126 valence electrons. The number of hydrogen-bond acceptors (Lipinski definition) is 3. The van der Waals surface area contributed by atoms with E-state index in [1.807, 2.05) is 56.3 Å². The summed E-state index contributed by atoms with van der Waals surface area (Å²) in [5.41, 5.74) is 2.14. The number of carbonyl (C=O) groups excluding carboxylic acids is 2. The highest BCUT2D eigenvalue weighted by Gasteiger charge is 2.10. The van der Waals surface area contributed by atoms with Gasteiger partial charge >= 0.3 is 0 Å². The molecule has 24 heavy (non-hydrogen) atoms. The van der Waals surface area contributed by atoms with Crippen molar-refractivity contribution in [2.45, 2.75) is 19.9 Å². The maximum atomic E-state index is 11.9. The van der Waals surface area contributed by atoms with E-state index in [9.17, 15) is 9.59 Å². The summed E-state index contributed by atoms with van der Waals surface area (Å²) < 4.78 is 5.36. The van der Waals surface area contributed by atoms with Crippen LogP contribution < -0.4 is 15.4 Å². The Labute approximate surface area is 142 Å². The van der Waals surface area contributed by atoms with Crippen LogP contribution in [0.4, 0.5) is 0 Å². The predicted octanol–water partition coefficient (Wildman–Crippen LogP) is 2.37. The molecule has 0 fully saturated rings. The second-order valence-electron chi connectivity index (χ2n) is 5.58. The Kier molecular flexibility index (Phi) is 6.37. The third-order valence-corrected chi connectivity index (χ3v) is 3.51. The van der Waals surface area contributed by atoms with Crippen LogP contribution in [-0.2, 0) is 9.59 Å². The number of amides is 2. The van der Waals surface area contributed by atoms with Gasteiger partial charge in [0.2, 0.25) is 5.91 Å². The molecule has 2 aromatic rings. The first-order valence-electron chi connectivity index (χ1n) is 7.85. The summed E-state index contributed by atoms with van der Waals surface area (Å²) in [6.07, 6.45) is 0. The fourth-order valence-electron chi connectivity index (χ4n) is 2.13. The fraction of sp³-hybridized carbons (Fsp3) is 0.263. The average Bonchev–Trinajstić information content (AvgIpc) is 2.60. The van der Waals surface area contributed by atoms with Crippen LogP contribution in [-0.4, -0.2) is 25.0 Å².